The van der Waals surface area contributed by atoms with Gasteiger partial charge in [0.25, 0.3) is 0 Å². The van der Waals surface area contributed by atoms with Crippen molar-refractivity contribution in [3.05, 3.63) is 29.3 Å². The fourth-order valence-corrected chi connectivity index (χ4v) is 2.50. The summed E-state index contributed by atoms with van der Waals surface area (Å²) < 4.78 is 37.1. The van der Waals surface area contributed by atoms with Crippen LogP contribution in [0.15, 0.2) is 23.1 Å². The van der Waals surface area contributed by atoms with Gasteiger partial charge >= 0.3 is 5.51 Å². The van der Waals surface area contributed by atoms with Crippen molar-refractivity contribution in [2.24, 2.45) is 0 Å². The Morgan fingerprint density at radius 2 is 2.06 bits per heavy atom. The summed E-state index contributed by atoms with van der Waals surface area (Å²) in [6.07, 6.45) is 0.0265. The predicted molar refractivity (Wildman–Crippen MR) is 70.7 cm³/mol. The Kier molecular flexibility index (Phi) is 6.01. The second kappa shape index (κ2) is 6.82. The Balaban J connectivity index is 3.12. The lowest BCUT2D eigenvalue weighted by atomic mass is 10.1. The fourth-order valence-electron chi connectivity index (χ4n) is 1.31. The number of hydrogen-bond donors (Lipinski definition) is 0. The van der Waals surface area contributed by atoms with Crippen LogP contribution in [0.25, 0.3) is 0 Å². The van der Waals surface area contributed by atoms with Crippen LogP contribution < -0.4 is 0 Å². The molecule has 1 nitrogen and oxygen atoms in total. The topological polar surface area (TPSA) is 17.1 Å². The van der Waals surface area contributed by atoms with E-state index >= 15 is 0 Å². The molecule has 0 aliphatic rings. The quantitative estimate of drug-likeness (QED) is 0.417. The number of ketones is 1. The maximum atomic E-state index is 12.4. The van der Waals surface area contributed by atoms with Crippen molar-refractivity contribution in [3.63, 3.8) is 0 Å². The van der Waals surface area contributed by atoms with Gasteiger partial charge in [-0.2, -0.15) is 13.2 Å². The van der Waals surface area contributed by atoms with Gasteiger partial charge in [0.2, 0.25) is 0 Å². The maximum absolute atomic E-state index is 12.4. The van der Waals surface area contributed by atoms with E-state index in [-0.39, 0.29) is 40.3 Å². The number of rotatable bonds is 5. The van der Waals surface area contributed by atoms with Crippen molar-refractivity contribution in [1.82, 2.24) is 0 Å². The third-order valence-electron chi connectivity index (χ3n) is 2.05. The van der Waals surface area contributed by atoms with E-state index in [1.54, 1.807) is 6.07 Å². The first-order valence-electron chi connectivity index (χ1n) is 4.91. The van der Waals surface area contributed by atoms with E-state index in [1.807, 2.05) is 0 Å². The number of benzene rings is 1. The standard InChI is InChI=1S/C11H9BrClF3OS/c12-6-7-1-2-10(18-11(14,15)16)8(5-7)9(17)3-4-13/h1-2,5H,3-4,6H2. The fraction of sp³-hybridized carbons (Fsp3) is 0.364. The summed E-state index contributed by atoms with van der Waals surface area (Å²) in [4.78, 5) is 11.7. The van der Waals surface area contributed by atoms with E-state index in [0.29, 0.717) is 5.33 Å². The van der Waals surface area contributed by atoms with Crippen molar-refractivity contribution < 1.29 is 18.0 Å². The number of halogens is 5. The van der Waals surface area contributed by atoms with Crippen LogP contribution >= 0.6 is 39.3 Å². The van der Waals surface area contributed by atoms with E-state index in [4.69, 9.17) is 11.6 Å². The van der Waals surface area contributed by atoms with Crippen LogP contribution in [-0.4, -0.2) is 17.2 Å². The van der Waals surface area contributed by atoms with Gasteiger partial charge in [0.1, 0.15) is 0 Å². The molecule has 100 valence electrons. The molecule has 1 aromatic rings. The van der Waals surface area contributed by atoms with E-state index in [0.717, 1.165) is 5.56 Å². The molecule has 0 unspecified atom stereocenters. The highest BCUT2D eigenvalue weighted by atomic mass is 79.9. The Hall–Kier alpha value is -0.200. The lowest BCUT2D eigenvalue weighted by Crippen LogP contribution is -2.06. The van der Waals surface area contributed by atoms with E-state index in [2.05, 4.69) is 15.9 Å². The van der Waals surface area contributed by atoms with E-state index < -0.39 is 5.51 Å². The Morgan fingerprint density at radius 3 is 2.56 bits per heavy atom. The Labute approximate surface area is 120 Å². The van der Waals surface area contributed by atoms with Gasteiger partial charge in [-0.1, -0.05) is 22.0 Å². The number of carbonyl (C=O) groups is 1. The molecular weight excluding hydrogens is 353 g/mol. The maximum Gasteiger partial charge on any atom is 0.446 e. The molecule has 0 aromatic heterocycles. The minimum absolute atomic E-state index is 0.0265. The number of hydrogen-bond acceptors (Lipinski definition) is 2. The average molecular weight is 362 g/mol. The molecule has 1 aromatic carbocycles. The van der Waals surface area contributed by atoms with Crippen molar-refractivity contribution in [1.29, 1.82) is 0 Å². The first-order chi connectivity index (χ1) is 8.37. The molecule has 7 heteroatoms. The molecule has 18 heavy (non-hydrogen) atoms. The molecule has 0 aliphatic carbocycles. The molecule has 1 rings (SSSR count). The van der Waals surface area contributed by atoms with Gasteiger partial charge in [-0.15, -0.1) is 11.6 Å². The third-order valence-corrected chi connectivity index (χ3v) is 3.69. The monoisotopic (exact) mass is 360 g/mol. The van der Waals surface area contributed by atoms with Crippen LogP contribution in [0.1, 0.15) is 22.3 Å². The number of Topliss-reactive ketones (excluding diaryl/α,β-unsaturated/α-hetero) is 1. The van der Waals surface area contributed by atoms with Gasteiger partial charge in [0.05, 0.1) is 0 Å². The SMILES string of the molecule is O=C(CCCl)c1cc(CBr)ccc1SC(F)(F)F. The minimum Gasteiger partial charge on any atom is -0.294 e. The van der Waals surface area contributed by atoms with Gasteiger partial charge < -0.3 is 0 Å². The molecule has 0 saturated carbocycles. The highest BCUT2D eigenvalue weighted by Crippen LogP contribution is 2.39. The van der Waals surface area contributed by atoms with Crippen molar-refractivity contribution in [3.8, 4) is 0 Å². The summed E-state index contributed by atoms with van der Waals surface area (Å²) in [6.45, 7) is 0. The normalized spacial score (nSPS) is 11.6. The molecule has 0 bridgehead atoms. The van der Waals surface area contributed by atoms with Crippen LogP contribution in [0, 0.1) is 0 Å². The lowest BCUT2D eigenvalue weighted by Gasteiger charge is -2.11. The van der Waals surface area contributed by atoms with Crippen LogP contribution in [0.4, 0.5) is 13.2 Å². The first kappa shape index (κ1) is 15.9. The summed E-state index contributed by atoms with van der Waals surface area (Å²) in [5.74, 6) is -0.285. The van der Waals surface area contributed by atoms with Crippen LogP contribution in [0.3, 0.4) is 0 Å². The highest BCUT2D eigenvalue weighted by molar-refractivity contribution is 9.08. The highest BCUT2D eigenvalue weighted by Gasteiger charge is 2.31. The minimum atomic E-state index is -4.41. The molecule has 0 heterocycles. The van der Waals surface area contributed by atoms with E-state index in [1.165, 1.54) is 12.1 Å². The number of alkyl halides is 5. The Bertz CT molecular complexity index is 437. The van der Waals surface area contributed by atoms with Gasteiger partial charge in [-0.05, 0) is 29.5 Å². The average Bonchev–Trinajstić information content (AvgIpc) is 2.27. The van der Waals surface area contributed by atoms with Crippen LogP contribution in [0.2, 0.25) is 0 Å². The summed E-state index contributed by atoms with van der Waals surface area (Å²) in [5, 5.41) is 0.477. The molecule has 0 fully saturated rings. The zero-order valence-corrected chi connectivity index (χ0v) is 12.2. The molecule has 0 saturated heterocycles. The first-order valence-corrected chi connectivity index (χ1v) is 7.38. The number of thioether (sulfide) groups is 1. The van der Waals surface area contributed by atoms with Crippen LogP contribution in [-0.2, 0) is 5.33 Å². The van der Waals surface area contributed by atoms with Gasteiger partial charge in [-0.25, -0.2) is 0 Å². The van der Waals surface area contributed by atoms with Gasteiger partial charge in [-0.3, -0.25) is 4.79 Å². The summed E-state index contributed by atoms with van der Waals surface area (Å²) in [5.41, 5.74) is -3.58. The summed E-state index contributed by atoms with van der Waals surface area (Å²) in [6, 6.07) is 4.34. The van der Waals surface area contributed by atoms with E-state index in [9.17, 15) is 18.0 Å². The zero-order chi connectivity index (χ0) is 13.8. The van der Waals surface area contributed by atoms with Crippen molar-refractivity contribution >= 4 is 45.1 Å². The van der Waals surface area contributed by atoms with Crippen molar-refractivity contribution in [2.75, 3.05) is 5.88 Å². The van der Waals surface area contributed by atoms with Crippen LogP contribution in [0.5, 0.6) is 0 Å². The molecule has 0 N–H and O–H groups in total. The largest absolute Gasteiger partial charge is 0.446 e. The van der Waals surface area contributed by atoms with Crippen molar-refractivity contribution in [2.45, 2.75) is 22.2 Å². The lowest BCUT2D eigenvalue weighted by molar-refractivity contribution is -0.0328. The number of carbonyl (C=O) groups excluding carboxylic acids is 1. The predicted octanol–water partition coefficient (Wildman–Crippen LogP) is 5.01. The second-order valence-corrected chi connectivity index (χ2v) is 5.42. The molecular formula is C11H9BrClF3OS. The smallest absolute Gasteiger partial charge is 0.294 e. The molecule has 0 spiro atoms. The zero-order valence-electron chi connectivity index (χ0n) is 9.06. The van der Waals surface area contributed by atoms with Gasteiger partial charge in [0.15, 0.2) is 5.78 Å². The third kappa shape index (κ3) is 4.82. The molecule has 0 atom stereocenters. The van der Waals surface area contributed by atoms with Gasteiger partial charge in [0, 0.05) is 28.1 Å². The second-order valence-electron chi connectivity index (χ2n) is 3.37. The summed E-state index contributed by atoms with van der Waals surface area (Å²) >= 11 is 8.37. The molecule has 0 amide bonds. The molecule has 0 radical (unpaired) electrons. The summed E-state index contributed by atoms with van der Waals surface area (Å²) in [7, 11) is 0. The molecule has 0 aliphatic heterocycles. The Morgan fingerprint density at radius 1 is 1.39 bits per heavy atom.